The molecule has 1 aliphatic rings. The minimum absolute atomic E-state index is 0.256. The first-order chi connectivity index (χ1) is 13.1. The van der Waals surface area contributed by atoms with Crippen molar-refractivity contribution >= 4 is 17.9 Å². The molecule has 5 nitrogen and oxygen atoms in total. The SMILES string of the molecule is Cc1cc(C)cc(-c2cn3c(=S)ncc(-c4ccc5c(c4)OCO5)c3[nH]2)c1. The monoisotopic (exact) mass is 375 g/mol. The number of aryl methyl sites for hydroxylation is 2. The van der Waals surface area contributed by atoms with Crippen molar-refractivity contribution in [1.82, 2.24) is 14.4 Å². The van der Waals surface area contributed by atoms with Crippen LogP contribution in [0.5, 0.6) is 11.5 Å². The molecule has 1 N–H and O–H groups in total. The molecule has 5 rings (SSSR count). The van der Waals surface area contributed by atoms with E-state index >= 15 is 0 Å². The van der Waals surface area contributed by atoms with E-state index in [1.807, 2.05) is 28.8 Å². The van der Waals surface area contributed by atoms with Gasteiger partial charge in [0.25, 0.3) is 0 Å². The summed E-state index contributed by atoms with van der Waals surface area (Å²) in [6.45, 7) is 4.46. The van der Waals surface area contributed by atoms with E-state index in [9.17, 15) is 0 Å². The molecule has 0 radical (unpaired) electrons. The molecule has 2 aromatic carbocycles. The van der Waals surface area contributed by atoms with E-state index in [4.69, 9.17) is 21.7 Å². The zero-order valence-corrected chi connectivity index (χ0v) is 15.8. The van der Waals surface area contributed by atoms with Crippen LogP contribution < -0.4 is 9.47 Å². The Morgan fingerprint density at radius 2 is 1.78 bits per heavy atom. The van der Waals surface area contributed by atoms with E-state index in [2.05, 4.69) is 42.0 Å². The Morgan fingerprint density at radius 3 is 2.59 bits per heavy atom. The fourth-order valence-corrected chi connectivity index (χ4v) is 3.75. The smallest absolute Gasteiger partial charge is 0.231 e. The van der Waals surface area contributed by atoms with Crippen LogP contribution in [0.3, 0.4) is 0 Å². The molecule has 4 aromatic rings. The summed E-state index contributed by atoms with van der Waals surface area (Å²) in [6.07, 6.45) is 3.81. The van der Waals surface area contributed by atoms with Gasteiger partial charge in [-0.15, -0.1) is 0 Å². The third-order valence-electron chi connectivity index (χ3n) is 4.73. The van der Waals surface area contributed by atoms with Crippen molar-refractivity contribution in [2.24, 2.45) is 0 Å². The summed E-state index contributed by atoms with van der Waals surface area (Å²) in [6, 6.07) is 12.4. The topological polar surface area (TPSA) is 51.6 Å². The number of imidazole rings is 1. The van der Waals surface area contributed by atoms with Crippen LogP contribution in [0.25, 0.3) is 28.0 Å². The molecule has 0 aliphatic carbocycles. The van der Waals surface area contributed by atoms with E-state index in [0.29, 0.717) is 4.77 Å². The highest BCUT2D eigenvalue weighted by Gasteiger charge is 2.16. The molecule has 0 amide bonds. The normalized spacial score (nSPS) is 12.7. The number of aromatic amines is 1. The first-order valence-corrected chi connectivity index (χ1v) is 9.08. The Hall–Kier alpha value is -3.12. The van der Waals surface area contributed by atoms with Gasteiger partial charge in [0.15, 0.2) is 11.5 Å². The van der Waals surface area contributed by atoms with Gasteiger partial charge in [-0.2, -0.15) is 0 Å². The van der Waals surface area contributed by atoms with Crippen molar-refractivity contribution in [1.29, 1.82) is 0 Å². The van der Waals surface area contributed by atoms with Crippen LogP contribution in [0.4, 0.5) is 0 Å². The second kappa shape index (κ2) is 5.96. The van der Waals surface area contributed by atoms with Crippen LogP contribution in [0, 0.1) is 18.6 Å². The molecular weight excluding hydrogens is 358 g/mol. The first-order valence-electron chi connectivity index (χ1n) is 8.67. The zero-order valence-electron chi connectivity index (χ0n) is 14.9. The van der Waals surface area contributed by atoms with Gasteiger partial charge < -0.3 is 14.5 Å². The Labute approximate surface area is 161 Å². The number of nitrogens with one attached hydrogen (secondary N) is 1. The van der Waals surface area contributed by atoms with Crippen molar-refractivity contribution < 1.29 is 9.47 Å². The molecule has 0 fully saturated rings. The number of fused-ring (bicyclic) bond motifs is 2. The molecule has 134 valence electrons. The summed E-state index contributed by atoms with van der Waals surface area (Å²) >= 11 is 5.44. The van der Waals surface area contributed by atoms with Crippen molar-refractivity contribution in [2.45, 2.75) is 13.8 Å². The number of benzene rings is 2. The molecule has 0 saturated carbocycles. The van der Waals surface area contributed by atoms with E-state index in [-0.39, 0.29) is 6.79 Å². The Morgan fingerprint density at radius 1 is 1.00 bits per heavy atom. The standard InChI is InChI=1S/C21H17N3O2S/c1-12-5-13(2)7-15(6-12)17-10-24-20(23-17)16(9-22-21(24)27)14-3-4-18-19(8-14)26-11-25-18/h3-10,23H,11H2,1-2H3. The second-order valence-corrected chi connectivity index (χ2v) is 7.15. The Bertz CT molecular complexity index is 1240. The molecule has 2 aromatic heterocycles. The van der Waals surface area contributed by atoms with Gasteiger partial charge in [-0.25, -0.2) is 4.98 Å². The lowest BCUT2D eigenvalue weighted by Crippen LogP contribution is -1.93. The van der Waals surface area contributed by atoms with Gasteiger partial charge in [0.2, 0.25) is 11.6 Å². The van der Waals surface area contributed by atoms with Crippen molar-refractivity contribution in [3.63, 3.8) is 0 Å². The number of hydrogen-bond acceptors (Lipinski definition) is 4. The number of nitrogens with zero attached hydrogens (tertiary/aromatic N) is 2. The van der Waals surface area contributed by atoms with Gasteiger partial charge in [-0.3, -0.25) is 4.40 Å². The minimum Gasteiger partial charge on any atom is -0.454 e. The molecular formula is C21H17N3O2S. The lowest BCUT2D eigenvalue weighted by atomic mass is 10.1. The maximum atomic E-state index is 5.52. The summed E-state index contributed by atoms with van der Waals surface area (Å²) in [5.74, 6) is 1.51. The van der Waals surface area contributed by atoms with Crippen molar-refractivity contribution in [3.8, 4) is 33.9 Å². The van der Waals surface area contributed by atoms with Crippen LogP contribution in [0.2, 0.25) is 0 Å². The summed E-state index contributed by atoms with van der Waals surface area (Å²) in [7, 11) is 0. The summed E-state index contributed by atoms with van der Waals surface area (Å²) < 4.78 is 13.4. The highest BCUT2D eigenvalue weighted by molar-refractivity contribution is 7.71. The molecule has 6 heteroatoms. The third kappa shape index (κ3) is 2.69. The first kappa shape index (κ1) is 16.1. The maximum Gasteiger partial charge on any atom is 0.231 e. The molecule has 0 spiro atoms. The van der Waals surface area contributed by atoms with E-state index in [0.717, 1.165) is 39.5 Å². The maximum absolute atomic E-state index is 5.52. The van der Waals surface area contributed by atoms with Gasteiger partial charge in [-0.05, 0) is 55.9 Å². The van der Waals surface area contributed by atoms with Crippen molar-refractivity contribution in [2.75, 3.05) is 6.79 Å². The molecule has 0 atom stereocenters. The van der Waals surface area contributed by atoms with E-state index in [1.54, 1.807) is 6.20 Å². The number of H-pyrrole nitrogens is 1. The Balaban J connectivity index is 1.72. The quantitative estimate of drug-likeness (QED) is 0.497. The van der Waals surface area contributed by atoms with Crippen LogP contribution in [0.1, 0.15) is 11.1 Å². The van der Waals surface area contributed by atoms with E-state index < -0.39 is 0 Å². The van der Waals surface area contributed by atoms with Gasteiger partial charge in [0.1, 0.15) is 5.65 Å². The average Bonchev–Trinajstić information content (AvgIpc) is 3.28. The van der Waals surface area contributed by atoms with E-state index in [1.165, 1.54) is 11.1 Å². The van der Waals surface area contributed by atoms with Crippen molar-refractivity contribution in [3.05, 3.63) is 64.7 Å². The lowest BCUT2D eigenvalue weighted by Gasteiger charge is -2.05. The third-order valence-corrected chi connectivity index (χ3v) is 5.04. The van der Waals surface area contributed by atoms with Crippen LogP contribution >= 0.6 is 12.2 Å². The fourth-order valence-electron chi connectivity index (χ4n) is 3.56. The lowest BCUT2D eigenvalue weighted by molar-refractivity contribution is 0.174. The summed E-state index contributed by atoms with van der Waals surface area (Å²) in [5.41, 5.74) is 7.43. The number of ether oxygens (including phenoxy) is 2. The summed E-state index contributed by atoms with van der Waals surface area (Å²) in [4.78, 5) is 7.93. The molecule has 0 unspecified atom stereocenters. The molecule has 0 bridgehead atoms. The predicted octanol–water partition coefficient (Wildman–Crippen LogP) is 5.07. The zero-order chi connectivity index (χ0) is 18.5. The second-order valence-electron chi connectivity index (χ2n) is 6.79. The van der Waals surface area contributed by atoms with Crippen LogP contribution in [-0.2, 0) is 0 Å². The van der Waals surface area contributed by atoms with Gasteiger partial charge in [0.05, 0.1) is 5.69 Å². The van der Waals surface area contributed by atoms with Gasteiger partial charge >= 0.3 is 0 Å². The molecule has 27 heavy (non-hydrogen) atoms. The highest BCUT2D eigenvalue weighted by atomic mass is 32.1. The number of aromatic nitrogens is 3. The largest absolute Gasteiger partial charge is 0.454 e. The number of hydrogen-bond donors (Lipinski definition) is 1. The fraction of sp³-hybridized carbons (Fsp3) is 0.143. The average molecular weight is 375 g/mol. The minimum atomic E-state index is 0.256. The molecule has 0 saturated heterocycles. The molecule has 3 heterocycles. The van der Waals surface area contributed by atoms with Crippen LogP contribution in [0.15, 0.2) is 48.8 Å². The highest BCUT2D eigenvalue weighted by Crippen LogP contribution is 2.37. The van der Waals surface area contributed by atoms with Crippen LogP contribution in [-0.4, -0.2) is 21.2 Å². The number of rotatable bonds is 2. The molecule has 1 aliphatic heterocycles. The Kier molecular flexibility index (Phi) is 3.55. The van der Waals surface area contributed by atoms with Gasteiger partial charge in [-0.1, -0.05) is 23.3 Å². The predicted molar refractivity (Wildman–Crippen MR) is 107 cm³/mol. The van der Waals surface area contributed by atoms with Gasteiger partial charge in [0, 0.05) is 23.5 Å². The summed E-state index contributed by atoms with van der Waals surface area (Å²) in [5, 5.41) is 0.